The first-order valence-electron chi connectivity index (χ1n) is 7.78. The third kappa shape index (κ3) is 5.41. The minimum Gasteiger partial charge on any atom is -0.483 e. The van der Waals surface area contributed by atoms with Gasteiger partial charge in [-0.05, 0) is 48.8 Å². The van der Waals surface area contributed by atoms with Crippen LogP contribution in [0, 0.1) is 31.6 Å². The zero-order valence-electron chi connectivity index (χ0n) is 14.2. The largest absolute Gasteiger partial charge is 0.483 e. The second-order valence-electron chi connectivity index (χ2n) is 6.44. The van der Waals surface area contributed by atoms with Crippen molar-refractivity contribution in [1.82, 2.24) is 5.32 Å². The minimum absolute atomic E-state index is 0.0535. The molecule has 1 aromatic carbocycles. The van der Waals surface area contributed by atoms with Crippen molar-refractivity contribution in [2.45, 2.75) is 41.5 Å². The molecule has 1 N–H and O–H groups in total. The van der Waals surface area contributed by atoms with E-state index in [9.17, 15) is 4.79 Å². The Hall–Kier alpha value is -1.51. The van der Waals surface area contributed by atoms with Crippen LogP contribution in [0.4, 0.5) is 0 Å². The Balaban J connectivity index is 2.46. The highest BCUT2D eigenvalue weighted by molar-refractivity contribution is 5.77. The summed E-state index contributed by atoms with van der Waals surface area (Å²) in [6.07, 6.45) is 0. The van der Waals surface area contributed by atoms with Crippen molar-refractivity contribution >= 4 is 5.91 Å². The molecule has 0 bridgehead atoms. The van der Waals surface area contributed by atoms with Gasteiger partial charge in [-0.3, -0.25) is 4.79 Å². The number of hydrogen-bond donors (Lipinski definition) is 1. The molecule has 21 heavy (non-hydrogen) atoms. The molecule has 0 saturated heterocycles. The second kappa shape index (κ2) is 8.06. The van der Waals surface area contributed by atoms with Gasteiger partial charge in [0.1, 0.15) is 5.75 Å². The molecule has 3 nitrogen and oxygen atoms in total. The van der Waals surface area contributed by atoms with Gasteiger partial charge in [0.2, 0.25) is 0 Å². The maximum absolute atomic E-state index is 11.9. The molecule has 0 unspecified atom stereocenters. The SMILES string of the molecule is Cc1cccc(OCC(=O)NCC(C(C)C)C(C)C)c1C. The number of carbonyl (C=O) groups excluding carboxylic acids is 1. The van der Waals surface area contributed by atoms with Crippen LogP contribution in [-0.2, 0) is 4.79 Å². The molecule has 0 aliphatic carbocycles. The lowest BCUT2D eigenvalue weighted by Crippen LogP contribution is -2.36. The summed E-state index contributed by atoms with van der Waals surface area (Å²) in [5.41, 5.74) is 2.26. The summed E-state index contributed by atoms with van der Waals surface area (Å²) in [7, 11) is 0. The van der Waals surface area contributed by atoms with Crippen LogP contribution < -0.4 is 10.1 Å². The molecule has 118 valence electrons. The highest BCUT2D eigenvalue weighted by Crippen LogP contribution is 2.21. The first-order valence-corrected chi connectivity index (χ1v) is 7.78. The Morgan fingerprint density at radius 1 is 1.14 bits per heavy atom. The molecule has 0 aliphatic heterocycles. The number of benzene rings is 1. The van der Waals surface area contributed by atoms with Gasteiger partial charge >= 0.3 is 0 Å². The smallest absolute Gasteiger partial charge is 0.257 e. The van der Waals surface area contributed by atoms with E-state index in [0.717, 1.165) is 11.3 Å². The van der Waals surface area contributed by atoms with Gasteiger partial charge in [-0.2, -0.15) is 0 Å². The zero-order chi connectivity index (χ0) is 16.0. The van der Waals surface area contributed by atoms with Crippen LogP contribution >= 0.6 is 0 Å². The molecule has 0 atom stereocenters. The van der Waals surface area contributed by atoms with Crippen LogP contribution in [0.15, 0.2) is 18.2 Å². The highest BCUT2D eigenvalue weighted by Gasteiger charge is 2.18. The maximum Gasteiger partial charge on any atom is 0.257 e. The molecule has 0 radical (unpaired) electrons. The average molecular weight is 291 g/mol. The van der Waals surface area contributed by atoms with Crippen molar-refractivity contribution in [3.05, 3.63) is 29.3 Å². The first-order chi connectivity index (χ1) is 9.82. The Kier molecular flexibility index (Phi) is 6.73. The number of nitrogens with one attached hydrogen (secondary N) is 1. The molecule has 1 amide bonds. The van der Waals surface area contributed by atoms with Gasteiger partial charge in [-0.1, -0.05) is 39.8 Å². The van der Waals surface area contributed by atoms with Gasteiger partial charge in [-0.15, -0.1) is 0 Å². The molecular formula is C18H29NO2. The fourth-order valence-corrected chi connectivity index (χ4v) is 2.55. The quantitative estimate of drug-likeness (QED) is 0.831. The predicted molar refractivity (Wildman–Crippen MR) is 87.6 cm³/mol. The van der Waals surface area contributed by atoms with Crippen LogP contribution in [0.25, 0.3) is 0 Å². The topological polar surface area (TPSA) is 38.3 Å². The van der Waals surface area contributed by atoms with Crippen molar-refractivity contribution in [3.8, 4) is 5.75 Å². The molecule has 1 aromatic rings. The number of amides is 1. The monoisotopic (exact) mass is 291 g/mol. The van der Waals surface area contributed by atoms with E-state index in [4.69, 9.17) is 4.74 Å². The van der Waals surface area contributed by atoms with Crippen LogP contribution in [0.3, 0.4) is 0 Å². The molecular weight excluding hydrogens is 262 g/mol. The Bertz CT molecular complexity index is 458. The van der Waals surface area contributed by atoms with Crippen molar-refractivity contribution < 1.29 is 9.53 Å². The number of aryl methyl sites for hydroxylation is 1. The number of rotatable bonds is 7. The second-order valence-corrected chi connectivity index (χ2v) is 6.44. The Morgan fingerprint density at radius 3 is 2.33 bits per heavy atom. The van der Waals surface area contributed by atoms with Gasteiger partial charge in [0.25, 0.3) is 5.91 Å². The van der Waals surface area contributed by atoms with Crippen molar-refractivity contribution in [3.63, 3.8) is 0 Å². The average Bonchev–Trinajstić information content (AvgIpc) is 2.39. The van der Waals surface area contributed by atoms with Gasteiger partial charge < -0.3 is 10.1 Å². The third-order valence-electron chi connectivity index (χ3n) is 4.16. The number of ether oxygens (including phenoxy) is 1. The Morgan fingerprint density at radius 2 is 1.76 bits per heavy atom. The minimum atomic E-state index is -0.0535. The van der Waals surface area contributed by atoms with Gasteiger partial charge in [0, 0.05) is 6.54 Å². The van der Waals surface area contributed by atoms with Gasteiger partial charge in [0.05, 0.1) is 0 Å². The summed E-state index contributed by atoms with van der Waals surface area (Å²) in [6, 6.07) is 5.89. The summed E-state index contributed by atoms with van der Waals surface area (Å²) in [6.45, 7) is 13.6. The zero-order valence-corrected chi connectivity index (χ0v) is 14.2. The van der Waals surface area contributed by atoms with E-state index < -0.39 is 0 Å². The van der Waals surface area contributed by atoms with Crippen LogP contribution in [0.2, 0.25) is 0 Å². The first kappa shape index (κ1) is 17.5. The Labute approximate surface area is 129 Å². The molecule has 0 spiro atoms. The molecule has 0 aromatic heterocycles. The molecule has 3 heteroatoms. The van der Waals surface area contributed by atoms with Gasteiger partial charge in [-0.25, -0.2) is 0 Å². The lowest BCUT2D eigenvalue weighted by molar-refractivity contribution is -0.123. The van der Waals surface area contributed by atoms with Crippen LogP contribution in [0.1, 0.15) is 38.8 Å². The van der Waals surface area contributed by atoms with Crippen molar-refractivity contribution in [2.75, 3.05) is 13.2 Å². The fraction of sp³-hybridized carbons (Fsp3) is 0.611. The molecule has 0 aliphatic rings. The van der Waals surface area contributed by atoms with Crippen LogP contribution in [0.5, 0.6) is 5.75 Å². The third-order valence-corrected chi connectivity index (χ3v) is 4.16. The van der Waals surface area contributed by atoms with Crippen molar-refractivity contribution in [1.29, 1.82) is 0 Å². The highest BCUT2D eigenvalue weighted by atomic mass is 16.5. The lowest BCUT2D eigenvalue weighted by atomic mass is 9.85. The summed E-state index contributed by atoms with van der Waals surface area (Å²) >= 11 is 0. The van der Waals surface area contributed by atoms with Gasteiger partial charge in [0.15, 0.2) is 6.61 Å². The standard InChI is InChI=1S/C18H29NO2/c1-12(2)16(13(3)4)10-19-18(20)11-21-17-9-7-8-14(5)15(17)6/h7-9,12-13,16H,10-11H2,1-6H3,(H,19,20). The summed E-state index contributed by atoms with van der Waals surface area (Å²) in [5.74, 6) is 2.35. The molecule has 0 fully saturated rings. The number of hydrogen-bond acceptors (Lipinski definition) is 2. The van der Waals surface area contributed by atoms with E-state index in [1.54, 1.807) is 0 Å². The van der Waals surface area contributed by atoms with E-state index in [1.807, 2.05) is 32.0 Å². The van der Waals surface area contributed by atoms with E-state index >= 15 is 0 Å². The maximum atomic E-state index is 11.9. The normalized spacial score (nSPS) is 11.3. The van der Waals surface area contributed by atoms with Crippen molar-refractivity contribution in [2.24, 2.45) is 17.8 Å². The van der Waals surface area contributed by atoms with E-state index in [0.29, 0.717) is 24.3 Å². The van der Waals surface area contributed by atoms with Crippen LogP contribution in [-0.4, -0.2) is 19.1 Å². The summed E-state index contributed by atoms with van der Waals surface area (Å²) < 4.78 is 5.62. The lowest BCUT2D eigenvalue weighted by Gasteiger charge is -2.25. The van der Waals surface area contributed by atoms with E-state index in [2.05, 4.69) is 33.0 Å². The summed E-state index contributed by atoms with van der Waals surface area (Å²) in [5, 5.41) is 2.99. The molecule has 0 saturated carbocycles. The number of carbonyl (C=O) groups is 1. The fourth-order valence-electron chi connectivity index (χ4n) is 2.55. The van der Waals surface area contributed by atoms with E-state index in [-0.39, 0.29) is 12.5 Å². The summed E-state index contributed by atoms with van der Waals surface area (Å²) in [4.78, 5) is 11.9. The predicted octanol–water partition coefficient (Wildman–Crippen LogP) is 3.73. The molecule has 1 rings (SSSR count). The molecule has 0 heterocycles. The van der Waals surface area contributed by atoms with E-state index in [1.165, 1.54) is 5.56 Å².